The van der Waals surface area contributed by atoms with Crippen molar-refractivity contribution in [2.24, 2.45) is 0 Å². The van der Waals surface area contributed by atoms with Crippen LogP contribution in [0, 0.1) is 4.77 Å². The van der Waals surface area contributed by atoms with Gasteiger partial charge in [-0.3, -0.25) is 0 Å². The number of thiophene rings is 1. The van der Waals surface area contributed by atoms with Crippen molar-refractivity contribution in [1.82, 2.24) is 9.55 Å². The van der Waals surface area contributed by atoms with Gasteiger partial charge in [0.25, 0.3) is 0 Å². The summed E-state index contributed by atoms with van der Waals surface area (Å²) in [5, 5.41) is 2.78. The largest absolute Gasteiger partial charge is 0.331 e. The molecule has 0 bridgehead atoms. The first kappa shape index (κ1) is 12.4. The van der Waals surface area contributed by atoms with Gasteiger partial charge in [-0.05, 0) is 57.8 Å². The zero-order valence-corrected chi connectivity index (χ0v) is 13.1. The van der Waals surface area contributed by atoms with Crippen LogP contribution >= 0.6 is 51.1 Å². The van der Waals surface area contributed by atoms with Crippen LogP contribution in [0.3, 0.4) is 0 Å². The number of nitrogens with one attached hydrogen (secondary N) is 1. The van der Waals surface area contributed by atoms with Gasteiger partial charge in [0.1, 0.15) is 0 Å². The Morgan fingerprint density at radius 2 is 2.22 bits per heavy atom. The van der Waals surface area contributed by atoms with Gasteiger partial charge in [-0.2, -0.15) is 0 Å². The predicted octanol–water partition coefficient (Wildman–Crippen LogP) is 5.22. The molecule has 0 atom stereocenters. The summed E-state index contributed by atoms with van der Waals surface area (Å²) >= 11 is 16.7. The van der Waals surface area contributed by atoms with Crippen LogP contribution in [0.2, 0.25) is 5.02 Å². The fourth-order valence-electron chi connectivity index (χ4n) is 1.86. The van der Waals surface area contributed by atoms with E-state index in [0.29, 0.717) is 4.77 Å². The molecule has 92 valence electrons. The van der Waals surface area contributed by atoms with Crippen molar-refractivity contribution in [3.8, 4) is 0 Å². The number of rotatable bonds is 2. The SMILES string of the molecule is S=c1[nH]c2ccc(Cl)cc2n1Cc1sccc1Br. The van der Waals surface area contributed by atoms with Gasteiger partial charge in [0.05, 0.1) is 17.6 Å². The molecule has 2 heterocycles. The first-order valence-corrected chi connectivity index (χ1v) is 7.71. The number of H-pyrrole nitrogens is 1. The lowest BCUT2D eigenvalue weighted by molar-refractivity contribution is 0.821. The Morgan fingerprint density at radius 3 is 2.94 bits per heavy atom. The molecule has 18 heavy (non-hydrogen) atoms. The van der Waals surface area contributed by atoms with E-state index in [1.165, 1.54) is 4.88 Å². The molecule has 0 fully saturated rings. The summed E-state index contributed by atoms with van der Waals surface area (Å²) < 4.78 is 3.89. The monoisotopic (exact) mass is 358 g/mol. The summed E-state index contributed by atoms with van der Waals surface area (Å²) in [5.74, 6) is 0. The van der Waals surface area contributed by atoms with Crippen LogP contribution < -0.4 is 0 Å². The maximum atomic E-state index is 6.05. The van der Waals surface area contributed by atoms with E-state index in [2.05, 4.69) is 30.9 Å². The fourth-order valence-corrected chi connectivity index (χ4v) is 3.77. The van der Waals surface area contributed by atoms with Gasteiger partial charge in [-0.25, -0.2) is 0 Å². The van der Waals surface area contributed by atoms with Crippen molar-refractivity contribution in [2.75, 3.05) is 0 Å². The van der Waals surface area contributed by atoms with E-state index in [-0.39, 0.29) is 0 Å². The smallest absolute Gasteiger partial charge is 0.178 e. The molecule has 0 saturated carbocycles. The normalized spacial score (nSPS) is 11.2. The molecule has 3 rings (SSSR count). The topological polar surface area (TPSA) is 20.7 Å². The molecular weight excluding hydrogens is 352 g/mol. The van der Waals surface area contributed by atoms with E-state index in [4.69, 9.17) is 23.8 Å². The van der Waals surface area contributed by atoms with Crippen LogP contribution in [0.1, 0.15) is 4.88 Å². The summed E-state index contributed by atoms with van der Waals surface area (Å²) in [7, 11) is 0. The molecule has 0 aliphatic heterocycles. The third-order valence-corrected chi connectivity index (χ3v) is 5.20. The summed E-state index contributed by atoms with van der Waals surface area (Å²) in [6, 6.07) is 7.80. The second-order valence-electron chi connectivity index (χ2n) is 3.87. The highest BCUT2D eigenvalue weighted by Gasteiger charge is 2.08. The Balaban J connectivity index is 2.17. The van der Waals surface area contributed by atoms with E-state index in [1.54, 1.807) is 11.3 Å². The molecular formula is C12H8BrClN2S2. The molecule has 1 aromatic carbocycles. The molecule has 2 nitrogen and oxygen atoms in total. The molecule has 2 aromatic heterocycles. The number of aromatic amines is 1. The van der Waals surface area contributed by atoms with E-state index in [0.717, 1.165) is 27.1 Å². The number of aromatic nitrogens is 2. The van der Waals surface area contributed by atoms with Crippen LogP contribution in [-0.4, -0.2) is 9.55 Å². The number of nitrogens with zero attached hydrogens (tertiary/aromatic N) is 1. The minimum Gasteiger partial charge on any atom is -0.331 e. The van der Waals surface area contributed by atoms with E-state index in [1.807, 2.05) is 24.3 Å². The van der Waals surface area contributed by atoms with Crippen LogP contribution in [0.15, 0.2) is 34.1 Å². The average molecular weight is 360 g/mol. The highest BCUT2D eigenvalue weighted by molar-refractivity contribution is 9.10. The van der Waals surface area contributed by atoms with Crippen LogP contribution in [-0.2, 0) is 6.54 Å². The Labute approximate surface area is 126 Å². The highest BCUT2D eigenvalue weighted by atomic mass is 79.9. The molecule has 0 radical (unpaired) electrons. The lowest BCUT2D eigenvalue weighted by Crippen LogP contribution is -1.98. The van der Waals surface area contributed by atoms with Gasteiger partial charge in [0.15, 0.2) is 4.77 Å². The molecule has 0 amide bonds. The average Bonchev–Trinajstić information content (AvgIpc) is 2.86. The summed E-state index contributed by atoms with van der Waals surface area (Å²) in [5.41, 5.74) is 2.05. The standard InChI is InChI=1S/C12H8BrClN2S2/c13-8-3-4-18-11(8)6-16-10-5-7(14)1-2-9(10)15-12(16)17/h1-5H,6H2,(H,15,17). The van der Waals surface area contributed by atoms with Gasteiger partial charge in [0, 0.05) is 14.4 Å². The number of fused-ring (bicyclic) bond motifs is 1. The van der Waals surface area contributed by atoms with Gasteiger partial charge in [-0.15, -0.1) is 11.3 Å². The third kappa shape index (κ3) is 2.16. The summed E-state index contributed by atoms with van der Waals surface area (Å²) in [6.07, 6.45) is 0. The highest BCUT2D eigenvalue weighted by Crippen LogP contribution is 2.26. The third-order valence-electron chi connectivity index (χ3n) is 2.73. The number of benzene rings is 1. The molecule has 3 aromatic rings. The first-order chi connectivity index (χ1) is 8.65. The minimum atomic E-state index is 0.715. The predicted molar refractivity (Wildman–Crippen MR) is 83.3 cm³/mol. The Bertz CT molecular complexity index is 772. The molecule has 0 unspecified atom stereocenters. The number of halogens is 2. The molecule has 6 heteroatoms. The van der Waals surface area contributed by atoms with E-state index < -0.39 is 0 Å². The lowest BCUT2D eigenvalue weighted by atomic mass is 10.3. The first-order valence-electron chi connectivity index (χ1n) is 5.25. The molecule has 0 spiro atoms. The van der Waals surface area contributed by atoms with E-state index in [9.17, 15) is 0 Å². The van der Waals surface area contributed by atoms with Crippen LogP contribution in [0.4, 0.5) is 0 Å². The molecule has 1 N–H and O–H groups in total. The molecule has 0 aliphatic rings. The quantitative estimate of drug-likeness (QED) is 0.622. The van der Waals surface area contributed by atoms with Crippen LogP contribution in [0.25, 0.3) is 11.0 Å². The zero-order valence-electron chi connectivity index (χ0n) is 9.11. The maximum Gasteiger partial charge on any atom is 0.178 e. The summed E-state index contributed by atoms with van der Waals surface area (Å²) in [4.78, 5) is 4.44. The number of hydrogen-bond donors (Lipinski definition) is 1. The van der Waals surface area contributed by atoms with E-state index >= 15 is 0 Å². The van der Waals surface area contributed by atoms with Crippen molar-refractivity contribution in [1.29, 1.82) is 0 Å². The van der Waals surface area contributed by atoms with Gasteiger partial charge < -0.3 is 9.55 Å². The zero-order chi connectivity index (χ0) is 12.7. The molecule has 0 saturated heterocycles. The molecule has 0 aliphatic carbocycles. The second kappa shape index (κ2) is 4.81. The van der Waals surface area contributed by atoms with Gasteiger partial charge >= 0.3 is 0 Å². The minimum absolute atomic E-state index is 0.715. The van der Waals surface area contributed by atoms with Crippen molar-refractivity contribution in [2.45, 2.75) is 6.54 Å². The number of hydrogen-bond acceptors (Lipinski definition) is 2. The lowest BCUT2D eigenvalue weighted by Gasteiger charge is -2.03. The fraction of sp³-hybridized carbons (Fsp3) is 0.0833. The van der Waals surface area contributed by atoms with Crippen molar-refractivity contribution < 1.29 is 0 Å². The van der Waals surface area contributed by atoms with Gasteiger partial charge in [0.2, 0.25) is 0 Å². The number of imidazole rings is 1. The second-order valence-corrected chi connectivity index (χ2v) is 6.55. The van der Waals surface area contributed by atoms with Crippen molar-refractivity contribution in [3.05, 3.63) is 48.8 Å². The van der Waals surface area contributed by atoms with Crippen molar-refractivity contribution in [3.63, 3.8) is 0 Å². The Hall–Kier alpha value is -0.620. The van der Waals surface area contributed by atoms with Crippen molar-refractivity contribution >= 4 is 62.1 Å². The van der Waals surface area contributed by atoms with Crippen LogP contribution in [0.5, 0.6) is 0 Å². The Morgan fingerprint density at radius 1 is 1.39 bits per heavy atom. The Kier molecular flexibility index (Phi) is 3.32. The maximum absolute atomic E-state index is 6.05. The van der Waals surface area contributed by atoms with Gasteiger partial charge in [-0.1, -0.05) is 11.6 Å². The summed E-state index contributed by atoms with van der Waals surface area (Å²) in [6.45, 7) is 0.747.